The highest BCUT2D eigenvalue weighted by atomic mass is 79.9. The average Bonchev–Trinajstić information content (AvgIpc) is 2.97. The van der Waals surface area contributed by atoms with Crippen molar-refractivity contribution in [3.63, 3.8) is 0 Å². The van der Waals surface area contributed by atoms with Crippen LogP contribution in [0.1, 0.15) is 22.3 Å². The standard InChI is InChI=1S/C18H16BrNO5S/c1-12-2-8-16(9-3-12)26(23,24)20-15(11-25-18(20)22)10-17(21)13-4-6-14(19)7-5-13/h2-9,15H,10-11H2,1H3/t15-/m1/s1. The van der Waals surface area contributed by atoms with Crippen molar-refractivity contribution in [3.05, 3.63) is 64.1 Å². The Morgan fingerprint density at radius 1 is 1.15 bits per heavy atom. The van der Waals surface area contributed by atoms with E-state index in [2.05, 4.69) is 15.9 Å². The first-order valence-corrected chi connectivity index (χ1v) is 10.1. The van der Waals surface area contributed by atoms with Crippen LogP contribution in [0.25, 0.3) is 0 Å². The monoisotopic (exact) mass is 437 g/mol. The summed E-state index contributed by atoms with van der Waals surface area (Å²) in [6, 6.07) is 12.0. The fraction of sp³-hybridized carbons (Fsp3) is 0.222. The molecule has 0 saturated carbocycles. The molecule has 1 amide bonds. The molecule has 0 N–H and O–H groups in total. The van der Waals surface area contributed by atoms with Crippen LogP contribution in [-0.2, 0) is 14.8 Å². The third-order valence-electron chi connectivity index (χ3n) is 4.08. The molecule has 1 saturated heterocycles. The summed E-state index contributed by atoms with van der Waals surface area (Å²) in [5, 5.41) is 0. The van der Waals surface area contributed by atoms with Crippen molar-refractivity contribution in [2.75, 3.05) is 6.61 Å². The molecule has 0 aliphatic carbocycles. The third-order valence-corrected chi connectivity index (χ3v) is 6.44. The van der Waals surface area contributed by atoms with Crippen LogP contribution in [0.5, 0.6) is 0 Å². The first kappa shape index (κ1) is 18.6. The minimum absolute atomic E-state index is 0.0111. The van der Waals surface area contributed by atoms with Crippen LogP contribution in [0, 0.1) is 6.92 Å². The van der Waals surface area contributed by atoms with E-state index < -0.39 is 22.2 Å². The van der Waals surface area contributed by atoms with Gasteiger partial charge in [0, 0.05) is 16.5 Å². The van der Waals surface area contributed by atoms with Crippen LogP contribution in [0.4, 0.5) is 4.79 Å². The number of ketones is 1. The van der Waals surface area contributed by atoms with Crippen molar-refractivity contribution in [1.29, 1.82) is 0 Å². The Bertz CT molecular complexity index is 939. The molecule has 0 unspecified atom stereocenters. The maximum atomic E-state index is 12.8. The van der Waals surface area contributed by atoms with Crippen LogP contribution >= 0.6 is 15.9 Å². The number of benzene rings is 2. The number of carbonyl (C=O) groups excluding carboxylic acids is 2. The second-order valence-electron chi connectivity index (χ2n) is 5.98. The highest BCUT2D eigenvalue weighted by Crippen LogP contribution is 2.26. The quantitative estimate of drug-likeness (QED) is 0.668. The van der Waals surface area contributed by atoms with Crippen LogP contribution in [-0.4, -0.2) is 37.2 Å². The number of sulfonamides is 1. The van der Waals surface area contributed by atoms with Crippen molar-refractivity contribution in [2.24, 2.45) is 0 Å². The van der Waals surface area contributed by atoms with Gasteiger partial charge in [0.15, 0.2) is 5.78 Å². The maximum Gasteiger partial charge on any atom is 0.424 e. The van der Waals surface area contributed by atoms with Gasteiger partial charge in [0.25, 0.3) is 10.0 Å². The van der Waals surface area contributed by atoms with Crippen molar-refractivity contribution < 1.29 is 22.7 Å². The highest BCUT2D eigenvalue weighted by Gasteiger charge is 2.43. The number of amides is 1. The average molecular weight is 438 g/mol. The van der Waals surface area contributed by atoms with Crippen molar-refractivity contribution in [3.8, 4) is 0 Å². The molecule has 6 nitrogen and oxygen atoms in total. The van der Waals surface area contributed by atoms with E-state index in [1.54, 1.807) is 36.4 Å². The largest absolute Gasteiger partial charge is 0.446 e. The van der Waals surface area contributed by atoms with E-state index >= 15 is 0 Å². The zero-order chi connectivity index (χ0) is 18.9. The van der Waals surface area contributed by atoms with E-state index in [4.69, 9.17) is 4.74 Å². The van der Waals surface area contributed by atoms with E-state index in [9.17, 15) is 18.0 Å². The van der Waals surface area contributed by atoms with Gasteiger partial charge >= 0.3 is 6.09 Å². The number of halogens is 1. The van der Waals surface area contributed by atoms with Gasteiger partial charge in [-0.15, -0.1) is 0 Å². The zero-order valence-electron chi connectivity index (χ0n) is 13.9. The number of ether oxygens (including phenoxy) is 1. The van der Waals surface area contributed by atoms with Crippen molar-refractivity contribution in [1.82, 2.24) is 4.31 Å². The van der Waals surface area contributed by atoms with Gasteiger partial charge < -0.3 is 4.74 Å². The maximum absolute atomic E-state index is 12.8. The normalized spacial score (nSPS) is 17.2. The molecule has 1 fully saturated rings. The molecule has 136 valence electrons. The second-order valence-corrected chi connectivity index (χ2v) is 8.71. The van der Waals surface area contributed by atoms with Gasteiger partial charge in [0.05, 0.1) is 10.9 Å². The van der Waals surface area contributed by atoms with Crippen LogP contribution < -0.4 is 0 Å². The number of Topliss-reactive ketones (excluding diaryl/α,β-unsaturated/α-hetero) is 1. The Labute approximate surface area is 159 Å². The summed E-state index contributed by atoms with van der Waals surface area (Å²) in [5.74, 6) is -0.259. The minimum atomic E-state index is -4.09. The molecule has 2 aromatic carbocycles. The summed E-state index contributed by atoms with van der Waals surface area (Å²) in [5.41, 5.74) is 1.34. The number of hydrogen-bond acceptors (Lipinski definition) is 5. The van der Waals surface area contributed by atoms with E-state index in [0.717, 1.165) is 10.0 Å². The molecule has 1 heterocycles. The summed E-state index contributed by atoms with van der Waals surface area (Å²) in [7, 11) is -4.09. The summed E-state index contributed by atoms with van der Waals surface area (Å²) < 4.78 is 32.1. The molecule has 0 radical (unpaired) electrons. The lowest BCUT2D eigenvalue weighted by atomic mass is 10.0. The third kappa shape index (κ3) is 3.66. The summed E-state index contributed by atoms with van der Waals surface area (Å²) >= 11 is 3.29. The van der Waals surface area contributed by atoms with Crippen LogP contribution in [0.3, 0.4) is 0 Å². The molecular formula is C18H16BrNO5S. The fourth-order valence-electron chi connectivity index (χ4n) is 2.68. The Morgan fingerprint density at radius 2 is 1.77 bits per heavy atom. The molecule has 3 rings (SSSR count). The van der Waals surface area contributed by atoms with Gasteiger partial charge in [-0.2, -0.15) is 4.31 Å². The zero-order valence-corrected chi connectivity index (χ0v) is 16.3. The van der Waals surface area contributed by atoms with Gasteiger partial charge in [-0.3, -0.25) is 4.79 Å². The highest BCUT2D eigenvalue weighted by molar-refractivity contribution is 9.10. The molecule has 26 heavy (non-hydrogen) atoms. The molecule has 8 heteroatoms. The summed E-state index contributed by atoms with van der Waals surface area (Å²) in [4.78, 5) is 24.5. The number of aryl methyl sites for hydroxylation is 1. The van der Waals surface area contributed by atoms with Crippen LogP contribution in [0.2, 0.25) is 0 Å². The second kappa shape index (κ2) is 7.20. The molecule has 1 aliphatic heterocycles. The molecule has 0 aromatic heterocycles. The minimum Gasteiger partial charge on any atom is -0.446 e. The number of cyclic esters (lactones) is 1. The van der Waals surface area contributed by atoms with E-state index in [-0.39, 0.29) is 23.7 Å². The molecule has 0 bridgehead atoms. The Kier molecular flexibility index (Phi) is 5.15. The topological polar surface area (TPSA) is 80.8 Å². The van der Waals surface area contributed by atoms with Crippen molar-refractivity contribution >= 4 is 37.8 Å². The predicted octanol–water partition coefficient (Wildman–Crippen LogP) is 3.54. The first-order valence-electron chi connectivity index (χ1n) is 7.85. The fourth-order valence-corrected chi connectivity index (χ4v) is 4.42. The van der Waals surface area contributed by atoms with Gasteiger partial charge in [-0.1, -0.05) is 45.8 Å². The molecule has 2 aromatic rings. The molecule has 1 aliphatic rings. The van der Waals surface area contributed by atoms with E-state index in [1.165, 1.54) is 12.1 Å². The lowest BCUT2D eigenvalue weighted by Crippen LogP contribution is -2.40. The van der Waals surface area contributed by atoms with E-state index in [1.807, 2.05) is 6.92 Å². The Hall–Kier alpha value is -2.19. The van der Waals surface area contributed by atoms with Gasteiger partial charge in [-0.05, 0) is 31.2 Å². The van der Waals surface area contributed by atoms with E-state index in [0.29, 0.717) is 9.87 Å². The first-order chi connectivity index (χ1) is 12.3. The number of nitrogens with zero attached hydrogens (tertiary/aromatic N) is 1. The summed E-state index contributed by atoms with van der Waals surface area (Å²) in [6.07, 6.45) is -1.10. The van der Waals surface area contributed by atoms with Gasteiger partial charge in [-0.25, -0.2) is 13.2 Å². The Morgan fingerprint density at radius 3 is 2.38 bits per heavy atom. The number of rotatable bonds is 5. The number of hydrogen-bond donors (Lipinski definition) is 0. The molecular weight excluding hydrogens is 422 g/mol. The predicted molar refractivity (Wildman–Crippen MR) is 98.4 cm³/mol. The summed E-state index contributed by atoms with van der Waals surface area (Å²) in [6.45, 7) is 1.69. The lowest BCUT2D eigenvalue weighted by Gasteiger charge is -2.20. The SMILES string of the molecule is Cc1ccc(S(=O)(=O)N2C(=O)OC[C@H]2CC(=O)c2ccc(Br)cc2)cc1. The van der Waals surface area contributed by atoms with Crippen LogP contribution in [0.15, 0.2) is 57.9 Å². The van der Waals surface area contributed by atoms with Gasteiger partial charge in [0.1, 0.15) is 6.61 Å². The molecule has 0 spiro atoms. The Balaban J connectivity index is 1.85. The van der Waals surface area contributed by atoms with Gasteiger partial charge in [0.2, 0.25) is 0 Å². The molecule has 1 atom stereocenters. The lowest BCUT2D eigenvalue weighted by molar-refractivity contribution is 0.0962. The number of carbonyl (C=O) groups is 2. The smallest absolute Gasteiger partial charge is 0.424 e. The van der Waals surface area contributed by atoms with Crippen molar-refractivity contribution in [2.45, 2.75) is 24.3 Å².